The Balaban J connectivity index is 0. The van der Waals surface area contributed by atoms with Gasteiger partial charge in [-0.15, -0.1) is 0 Å². The number of hydrogen-bond donors (Lipinski definition) is 0. The van der Waals surface area contributed by atoms with Crippen molar-refractivity contribution in [1.29, 1.82) is 0 Å². The summed E-state index contributed by atoms with van der Waals surface area (Å²) in [5, 5.41) is 0. The van der Waals surface area contributed by atoms with Gasteiger partial charge < -0.3 is 9.64 Å². The molecule has 15 heavy (non-hydrogen) atoms. The molecule has 1 heterocycles. The molecule has 92 valence electrons. The second kappa shape index (κ2) is 13.4. The van der Waals surface area contributed by atoms with Gasteiger partial charge in [0.2, 0.25) is 0 Å². The predicted octanol–water partition coefficient (Wildman–Crippen LogP) is 2.70. The summed E-state index contributed by atoms with van der Waals surface area (Å²) >= 11 is 0. The second-order valence-electron chi connectivity index (χ2n) is 3.39. The summed E-state index contributed by atoms with van der Waals surface area (Å²) < 4.78 is 4.15. The van der Waals surface area contributed by atoms with Crippen molar-refractivity contribution < 1.29 is 9.53 Å². The van der Waals surface area contributed by atoms with Crippen LogP contribution in [0.25, 0.3) is 0 Å². The average Bonchev–Trinajstić information content (AvgIpc) is 2.76. The maximum Gasteiger partial charge on any atom is 0.293 e. The summed E-state index contributed by atoms with van der Waals surface area (Å²) in [5.41, 5.74) is 0. The van der Waals surface area contributed by atoms with E-state index in [0.717, 1.165) is 6.04 Å². The fourth-order valence-electron chi connectivity index (χ4n) is 1.33. The van der Waals surface area contributed by atoms with Crippen molar-refractivity contribution in [3.63, 3.8) is 0 Å². The van der Waals surface area contributed by atoms with Crippen molar-refractivity contribution in [3.05, 3.63) is 0 Å². The molecule has 0 atom stereocenters. The lowest BCUT2D eigenvalue weighted by atomic mass is 10.3. The number of ether oxygens (including phenoxy) is 1. The van der Waals surface area contributed by atoms with Gasteiger partial charge in [0.25, 0.3) is 6.47 Å². The van der Waals surface area contributed by atoms with Crippen LogP contribution in [0, 0.1) is 0 Å². The van der Waals surface area contributed by atoms with Crippen LogP contribution in [0.15, 0.2) is 0 Å². The Hall–Kier alpha value is -0.570. The number of rotatable bonds is 3. The van der Waals surface area contributed by atoms with E-state index >= 15 is 0 Å². The van der Waals surface area contributed by atoms with Crippen LogP contribution in [-0.4, -0.2) is 37.1 Å². The first-order valence-electron chi connectivity index (χ1n) is 6.01. The fraction of sp³-hybridized carbons (Fsp3) is 0.917. The normalized spacial score (nSPS) is 14.8. The Kier molecular flexibility index (Phi) is 15.1. The Morgan fingerprint density at radius 1 is 1.27 bits per heavy atom. The zero-order valence-corrected chi connectivity index (χ0v) is 11.0. The van der Waals surface area contributed by atoms with Crippen LogP contribution >= 0.6 is 0 Å². The lowest BCUT2D eigenvalue weighted by Gasteiger charge is -2.18. The largest absolute Gasteiger partial charge is 0.468 e. The van der Waals surface area contributed by atoms with Crippen molar-refractivity contribution in [3.8, 4) is 0 Å². The monoisotopic (exact) mass is 217 g/mol. The lowest BCUT2D eigenvalue weighted by Crippen LogP contribution is -2.26. The Labute approximate surface area is 94.8 Å². The molecule has 1 rings (SSSR count). The van der Waals surface area contributed by atoms with E-state index in [2.05, 4.69) is 23.5 Å². The molecule has 0 bridgehead atoms. The smallest absolute Gasteiger partial charge is 0.293 e. The zero-order valence-electron chi connectivity index (χ0n) is 11.0. The molecular formula is C12H27NO2. The summed E-state index contributed by atoms with van der Waals surface area (Å²) in [6, 6.07) is 0.775. The Bertz CT molecular complexity index is 121. The highest BCUT2D eigenvalue weighted by Crippen LogP contribution is 2.09. The molecule has 3 nitrogen and oxygen atoms in total. The SMILES string of the molecule is CC.CC(C)N1CCCC1.CCOC=O. The van der Waals surface area contributed by atoms with E-state index in [1.165, 1.54) is 25.9 Å². The Morgan fingerprint density at radius 2 is 1.73 bits per heavy atom. The third-order valence-corrected chi connectivity index (χ3v) is 2.11. The van der Waals surface area contributed by atoms with E-state index in [1.807, 2.05) is 13.8 Å². The van der Waals surface area contributed by atoms with Gasteiger partial charge in [-0.1, -0.05) is 13.8 Å². The van der Waals surface area contributed by atoms with E-state index in [9.17, 15) is 4.79 Å². The zero-order chi connectivity index (χ0) is 12.1. The van der Waals surface area contributed by atoms with E-state index in [0.29, 0.717) is 13.1 Å². The molecule has 0 aromatic heterocycles. The Morgan fingerprint density at radius 3 is 1.87 bits per heavy atom. The van der Waals surface area contributed by atoms with Crippen molar-refractivity contribution in [1.82, 2.24) is 4.90 Å². The summed E-state index contributed by atoms with van der Waals surface area (Å²) in [5.74, 6) is 0. The minimum atomic E-state index is 0.431. The molecule has 0 unspecified atom stereocenters. The molecule has 0 N–H and O–H groups in total. The summed E-state index contributed by atoms with van der Waals surface area (Å²) in [6.07, 6.45) is 2.83. The molecular weight excluding hydrogens is 190 g/mol. The molecule has 0 aromatic rings. The van der Waals surface area contributed by atoms with Crippen LogP contribution in [0.5, 0.6) is 0 Å². The number of likely N-dealkylation sites (tertiary alicyclic amines) is 1. The van der Waals surface area contributed by atoms with Gasteiger partial charge in [-0.05, 0) is 46.7 Å². The van der Waals surface area contributed by atoms with Gasteiger partial charge in [0.1, 0.15) is 0 Å². The highest BCUT2D eigenvalue weighted by Gasteiger charge is 2.13. The van der Waals surface area contributed by atoms with Gasteiger partial charge in [0.15, 0.2) is 0 Å². The van der Waals surface area contributed by atoms with Crippen LogP contribution in [0.4, 0.5) is 0 Å². The number of nitrogens with zero attached hydrogens (tertiary/aromatic N) is 1. The van der Waals surface area contributed by atoms with E-state index in [4.69, 9.17) is 0 Å². The van der Waals surface area contributed by atoms with Gasteiger partial charge in [0.05, 0.1) is 6.61 Å². The summed E-state index contributed by atoms with van der Waals surface area (Å²) in [4.78, 5) is 11.7. The first kappa shape index (κ1) is 16.8. The third kappa shape index (κ3) is 11.4. The molecule has 0 amide bonds. The van der Waals surface area contributed by atoms with E-state index in [1.54, 1.807) is 6.92 Å². The van der Waals surface area contributed by atoms with Gasteiger partial charge in [0, 0.05) is 6.04 Å². The van der Waals surface area contributed by atoms with Gasteiger partial charge in [-0.3, -0.25) is 4.79 Å². The second-order valence-corrected chi connectivity index (χ2v) is 3.39. The number of hydrogen-bond acceptors (Lipinski definition) is 3. The molecule has 1 aliphatic heterocycles. The van der Waals surface area contributed by atoms with Gasteiger partial charge in [-0.25, -0.2) is 0 Å². The molecule has 1 aliphatic rings. The highest BCUT2D eigenvalue weighted by molar-refractivity contribution is 5.36. The van der Waals surface area contributed by atoms with Gasteiger partial charge in [-0.2, -0.15) is 0 Å². The molecule has 0 aliphatic carbocycles. The number of carbonyl (C=O) groups excluding carboxylic acids is 1. The van der Waals surface area contributed by atoms with Crippen molar-refractivity contribution in [2.24, 2.45) is 0 Å². The first-order valence-corrected chi connectivity index (χ1v) is 6.01. The first-order chi connectivity index (χ1) is 7.22. The summed E-state index contributed by atoms with van der Waals surface area (Å²) in [7, 11) is 0. The highest BCUT2D eigenvalue weighted by atomic mass is 16.5. The molecule has 0 saturated carbocycles. The van der Waals surface area contributed by atoms with E-state index in [-0.39, 0.29) is 0 Å². The minimum Gasteiger partial charge on any atom is -0.468 e. The fourth-order valence-corrected chi connectivity index (χ4v) is 1.33. The van der Waals surface area contributed by atoms with Crippen LogP contribution in [-0.2, 0) is 9.53 Å². The quantitative estimate of drug-likeness (QED) is 0.681. The standard InChI is InChI=1S/C7H15N.C3H6O2.C2H6/c1-7(2)8-5-3-4-6-8;1-2-5-3-4;1-2/h7H,3-6H2,1-2H3;3H,2H2,1H3;1-2H3. The number of carbonyl (C=O) groups is 1. The van der Waals surface area contributed by atoms with Crippen molar-refractivity contribution in [2.75, 3.05) is 19.7 Å². The minimum absolute atomic E-state index is 0.431. The molecule has 1 saturated heterocycles. The van der Waals surface area contributed by atoms with Gasteiger partial charge >= 0.3 is 0 Å². The van der Waals surface area contributed by atoms with Crippen LogP contribution in [0.3, 0.4) is 0 Å². The molecule has 0 radical (unpaired) electrons. The summed E-state index contributed by atoms with van der Waals surface area (Å²) in [6.45, 7) is 13.9. The molecule has 3 heteroatoms. The maximum absolute atomic E-state index is 9.18. The van der Waals surface area contributed by atoms with E-state index < -0.39 is 0 Å². The molecule has 1 fully saturated rings. The average molecular weight is 217 g/mol. The lowest BCUT2D eigenvalue weighted by molar-refractivity contribution is -0.128. The third-order valence-electron chi connectivity index (χ3n) is 2.11. The van der Waals surface area contributed by atoms with Crippen molar-refractivity contribution in [2.45, 2.75) is 53.5 Å². The van der Waals surface area contributed by atoms with Crippen molar-refractivity contribution >= 4 is 6.47 Å². The topological polar surface area (TPSA) is 29.5 Å². The molecule has 0 spiro atoms. The maximum atomic E-state index is 9.18. The van der Waals surface area contributed by atoms with Crippen LogP contribution < -0.4 is 0 Å². The molecule has 0 aromatic carbocycles. The van der Waals surface area contributed by atoms with Crippen LogP contribution in [0.2, 0.25) is 0 Å². The predicted molar refractivity (Wildman–Crippen MR) is 65.0 cm³/mol. The van der Waals surface area contributed by atoms with Crippen LogP contribution in [0.1, 0.15) is 47.5 Å².